The molecule has 2 heterocycles. The van der Waals surface area contributed by atoms with Crippen LogP contribution in [0.4, 0.5) is 10.6 Å². The van der Waals surface area contributed by atoms with E-state index in [0.29, 0.717) is 6.42 Å². The van der Waals surface area contributed by atoms with Crippen LogP contribution in [0.25, 0.3) is 0 Å². The van der Waals surface area contributed by atoms with Gasteiger partial charge in [-0.15, -0.1) is 0 Å². The van der Waals surface area contributed by atoms with Crippen molar-refractivity contribution < 1.29 is 23.8 Å². The minimum atomic E-state index is -2.07. The lowest BCUT2D eigenvalue weighted by molar-refractivity contribution is -0.0438. The Bertz CT molecular complexity index is 789. The number of anilines is 1. The van der Waals surface area contributed by atoms with Gasteiger partial charge < -0.3 is 19.0 Å². The molecule has 0 radical (unpaired) electrons. The molecule has 29 heavy (non-hydrogen) atoms. The van der Waals surface area contributed by atoms with Crippen molar-refractivity contribution in [3.8, 4) is 0 Å². The number of nitrogens with zero attached hydrogens (tertiary/aromatic N) is 2. The fourth-order valence-electron chi connectivity index (χ4n) is 2.69. The number of hydrogen-bond acceptors (Lipinski definition) is 7. The summed E-state index contributed by atoms with van der Waals surface area (Å²) in [6, 6.07) is 1.48. The fraction of sp³-hybridized carbons (Fsp3) is 0.632. The van der Waals surface area contributed by atoms with E-state index in [2.05, 4.69) is 50.7 Å². The van der Waals surface area contributed by atoms with Crippen LogP contribution in [-0.4, -0.2) is 54.5 Å². The highest BCUT2D eigenvalue weighted by atomic mass is 28.4. The van der Waals surface area contributed by atoms with Gasteiger partial charge in [0.05, 0.1) is 12.7 Å². The summed E-state index contributed by atoms with van der Waals surface area (Å²) in [7, 11) is -2.07. The van der Waals surface area contributed by atoms with Crippen LogP contribution in [0.3, 0.4) is 0 Å². The molecule has 0 aliphatic carbocycles. The SMILES string of the molecule is C=CCOC(=O)Nc1ccn([C@H]2C[C@H](O[Si](C)(C)C(C)(C)C)[C@@H](CO)O2)c(=O)n1. The van der Waals surface area contributed by atoms with E-state index < -0.39 is 32.4 Å². The first-order chi connectivity index (χ1) is 13.5. The first-order valence-electron chi connectivity index (χ1n) is 9.56. The molecule has 1 amide bonds. The van der Waals surface area contributed by atoms with Gasteiger partial charge in [0.2, 0.25) is 0 Å². The molecular weight excluding hydrogens is 394 g/mol. The molecule has 2 N–H and O–H groups in total. The number of ether oxygens (including phenoxy) is 2. The summed E-state index contributed by atoms with van der Waals surface area (Å²) in [6.45, 7) is 14.0. The first-order valence-corrected chi connectivity index (χ1v) is 12.5. The Balaban J connectivity index is 2.12. The van der Waals surface area contributed by atoms with Crippen LogP contribution < -0.4 is 11.0 Å². The van der Waals surface area contributed by atoms with Gasteiger partial charge in [-0.2, -0.15) is 4.98 Å². The standard InChI is InChI=1S/C19H31N3O6Si/c1-7-10-26-18(25)21-15-8-9-22(17(24)20-15)16-11-13(14(12-23)27-16)28-29(5,6)19(2,3)4/h7-9,13-14,16,23H,1,10-12H2,2-6H3,(H,20,21,24,25)/t13-,14+,16+/m0/s1. The Labute approximate surface area is 171 Å². The van der Waals surface area contributed by atoms with E-state index in [9.17, 15) is 14.7 Å². The molecule has 1 aromatic rings. The normalized spacial score (nSPS) is 22.3. The van der Waals surface area contributed by atoms with Crippen LogP contribution in [0.15, 0.2) is 29.7 Å². The van der Waals surface area contributed by atoms with Crippen LogP contribution in [0.5, 0.6) is 0 Å². The summed E-state index contributed by atoms with van der Waals surface area (Å²) in [5.41, 5.74) is -0.582. The Morgan fingerprint density at radius 3 is 2.76 bits per heavy atom. The summed E-state index contributed by atoms with van der Waals surface area (Å²) < 4.78 is 18.4. The van der Waals surface area contributed by atoms with Crippen molar-refractivity contribution in [1.29, 1.82) is 0 Å². The third kappa shape index (κ3) is 5.75. The molecule has 9 nitrogen and oxygen atoms in total. The number of nitrogens with one attached hydrogen (secondary N) is 1. The zero-order chi connectivity index (χ0) is 21.8. The number of aliphatic hydroxyl groups is 1. The number of hydrogen-bond donors (Lipinski definition) is 2. The highest BCUT2D eigenvalue weighted by Crippen LogP contribution is 2.40. The Kier molecular flexibility index (Phi) is 7.38. The minimum Gasteiger partial charge on any atom is -0.445 e. The van der Waals surface area contributed by atoms with Crippen LogP contribution in [-0.2, 0) is 13.9 Å². The van der Waals surface area contributed by atoms with Gasteiger partial charge >= 0.3 is 11.8 Å². The summed E-state index contributed by atoms with van der Waals surface area (Å²) in [6.07, 6.45) is 1.18. The number of carbonyl (C=O) groups is 1. The molecular formula is C19H31N3O6Si. The predicted molar refractivity (Wildman–Crippen MR) is 111 cm³/mol. The fourth-order valence-corrected chi connectivity index (χ4v) is 4.05. The van der Waals surface area contributed by atoms with E-state index >= 15 is 0 Å². The second-order valence-corrected chi connectivity index (χ2v) is 13.2. The van der Waals surface area contributed by atoms with Crippen molar-refractivity contribution in [2.24, 2.45) is 0 Å². The van der Waals surface area contributed by atoms with Gasteiger partial charge in [0.15, 0.2) is 8.32 Å². The van der Waals surface area contributed by atoms with Crippen LogP contribution in [0.2, 0.25) is 18.1 Å². The van der Waals surface area contributed by atoms with E-state index in [1.807, 2.05) is 0 Å². The molecule has 0 aromatic carbocycles. The molecule has 3 atom stereocenters. The number of carbonyl (C=O) groups excluding carboxylic acids is 1. The second-order valence-electron chi connectivity index (χ2n) is 8.48. The number of aliphatic hydroxyl groups excluding tert-OH is 1. The van der Waals surface area contributed by atoms with Gasteiger partial charge in [-0.1, -0.05) is 33.4 Å². The Morgan fingerprint density at radius 1 is 1.52 bits per heavy atom. The second kappa shape index (κ2) is 9.20. The van der Waals surface area contributed by atoms with Crippen molar-refractivity contribution in [3.05, 3.63) is 35.4 Å². The van der Waals surface area contributed by atoms with Crippen molar-refractivity contribution in [3.63, 3.8) is 0 Å². The number of aromatic nitrogens is 2. The molecule has 1 saturated heterocycles. The summed E-state index contributed by atoms with van der Waals surface area (Å²) in [5, 5.41) is 12.1. The zero-order valence-corrected chi connectivity index (χ0v) is 18.7. The summed E-state index contributed by atoms with van der Waals surface area (Å²) >= 11 is 0. The maximum Gasteiger partial charge on any atom is 0.413 e. The molecule has 1 aliphatic heterocycles. The smallest absolute Gasteiger partial charge is 0.413 e. The summed E-state index contributed by atoms with van der Waals surface area (Å²) in [4.78, 5) is 27.9. The third-order valence-electron chi connectivity index (χ3n) is 5.32. The predicted octanol–water partition coefficient (Wildman–Crippen LogP) is 2.65. The lowest BCUT2D eigenvalue weighted by Gasteiger charge is -2.39. The molecule has 1 aliphatic rings. The van der Waals surface area contributed by atoms with E-state index in [0.717, 1.165) is 0 Å². The van der Waals surface area contributed by atoms with Gasteiger partial charge in [0.1, 0.15) is 24.8 Å². The average molecular weight is 426 g/mol. The molecule has 1 fully saturated rings. The third-order valence-corrected chi connectivity index (χ3v) is 9.82. The maximum atomic E-state index is 12.4. The van der Waals surface area contributed by atoms with E-state index in [4.69, 9.17) is 13.9 Å². The number of rotatable bonds is 7. The van der Waals surface area contributed by atoms with Crippen LogP contribution >= 0.6 is 0 Å². The van der Waals surface area contributed by atoms with E-state index in [1.54, 1.807) is 0 Å². The molecule has 0 spiro atoms. The van der Waals surface area contributed by atoms with Crippen molar-refractivity contribution in [2.45, 2.75) is 63.8 Å². The van der Waals surface area contributed by atoms with Crippen LogP contribution in [0, 0.1) is 0 Å². The van der Waals surface area contributed by atoms with E-state index in [1.165, 1.54) is 22.9 Å². The number of amides is 1. The van der Waals surface area contributed by atoms with E-state index in [-0.39, 0.29) is 30.2 Å². The van der Waals surface area contributed by atoms with Gasteiger partial charge in [-0.05, 0) is 24.2 Å². The molecule has 0 saturated carbocycles. The molecule has 0 unspecified atom stereocenters. The molecule has 1 aromatic heterocycles. The average Bonchev–Trinajstić information content (AvgIpc) is 3.01. The highest BCUT2D eigenvalue weighted by molar-refractivity contribution is 6.74. The molecule has 10 heteroatoms. The lowest BCUT2D eigenvalue weighted by atomic mass is 10.2. The van der Waals surface area contributed by atoms with Gasteiger partial charge in [-0.25, -0.2) is 9.59 Å². The van der Waals surface area contributed by atoms with Gasteiger partial charge in [0, 0.05) is 12.6 Å². The Morgan fingerprint density at radius 2 is 2.21 bits per heavy atom. The van der Waals surface area contributed by atoms with Crippen molar-refractivity contribution in [1.82, 2.24) is 9.55 Å². The van der Waals surface area contributed by atoms with Crippen molar-refractivity contribution >= 4 is 20.2 Å². The van der Waals surface area contributed by atoms with Crippen LogP contribution in [0.1, 0.15) is 33.4 Å². The largest absolute Gasteiger partial charge is 0.445 e. The molecule has 0 bridgehead atoms. The van der Waals surface area contributed by atoms with Crippen molar-refractivity contribution in [2.75, 3.05) is 18.5 Å². The first kappa shape index (κ1) is 23.3. The maximum absolute atomic E-state index is 12.4. The zero-order valence-electron chi connectivity index (χ0n) is 17.7. The minimum absolute atomic E-state index is 0.0109. The quantitative estimate of drug-likeness (QED) is 0.510. The van der Waals surface area contributed by atoms with Gasteiger partial charge in [-0.3, -0.25) is 9.88 Å². The molecule has 162 valence electrons. The lowest BCUT2D eigenvalue weighted by Crippen LogP contribution is -2.46. The monoisotopic (exact) mass is 425 g/mol. The highest BCUT2D eigenvalue weighted by Gasteiger charge is 2.45. The summed E-state index contributed by atoms with van der Waals surface area (Å²) in [5.74, 6) is 0.0751. The topological polar surface area (TPSA) is 112 Å². The van der Waals surface area contributed by atoms with Gasteiger partial charge in [0.25, 0.3) is 0 Å². The Hall–Kier alpha value is -2.01. The molecule has 2 rings (SSSR count).